The van der Waals surface area contributed by atoms with E-state index in [2.05, 4.69) is 20.4 Å². The highest BCUT2D eigenvalue weighted by atomic mass is 16.6. The molecule has 1 N–H and O–H groups in total. The number of fused-ring (bicyclic) bond motifs is 2. The molecule has 33 heavy (non-hydrogen) atoms. The standard InChI is InChI=1S/C26H40O7/c1-7-8-21(29)33-24-14(3)9-17-15(4)12-30-26(6)20(31-16(5)27)11-18(28)13(2)10-19-23(24)22(17)25(26)32-19/h14-15,17-20,22-25,28H,2,7-12H2,1,3-6H3/t14-,15+,17+,18-,19+,20-,22+,23+,24-,25+,26+/m1/s1. The lowest BCUT2D eigenvalue weighted by Crippen LogP contribution is -2.57. The average Bonchev–Trinajstić information content (AvgIpc) is 3.08. The molecule has 7 heteroatoms. The molecule has 1 saturated carbocycles. The second kappa shape index (κ2) is 9.31. The van der Waals surface area contributed by atoms with Gasteiger partial charge in [0, 0.05) is 31.6 Å². The van der Waals surface area contributed by atoms with Crippen molar-refractivity contribution in [3.8, 4) is 0 Å². The largest absolute Gasteiger partial charge is 0.462 e. The van der Waals surface area contributed by atoms with Crippen LogP contribution in [0.5, 0.6) is 0 Å². The first-order valence-corrected chi connectivity index (χ1v) is 12.6. The Kier molecular flexibility index (Phi) is 6.96. The summed E-state index contributed by atoms with van der Waals surface area (Å²) in [7, 11) is 0. The van der Waals surface area contributed by atoms with Gasteiger partial charge in [-0.3, -0.25) is 9.59 Å². The summed E-state index contributed by atoms with van der Waals surface area (Å²) in [6.07, 6.45) is 0.448. The molecular formula is C26H40O7. The van der Waals surface area contributed by atoms with E-state index in [4.69, 9.17) is 18.9 Å². The molecule has 4 rings (SSSR count). The maximum atomic E-state index is 12.6. The Morgan fingerprint density at radius 2 is 1.91 bits per heavy atom. The molecule has 0 aromatic heterocycles. The van der Waals surface area contributed by atoms with Crippen LogP contribution in [0.3, 0.4) is 0 Å². The van der Waals surface area contributed by atoms with Crippen molar-refractivity contribution in [2.45, 2.75) is 103 Å². The maximum absolute atomic E-state index is 12.6. The van der Waals surface area contributed by atoms with Gasteiger partial charge in [0.05, 0.1) is 24.9 Å². The highest BCUT2D eigenvalue weighted by Gasteiger charge is 2.65. The molecule has 1 aliphatic carbocycles. The van der Waals surface area contributed by atoms with E-state index in [-0.39, 0.29) is 54.4 Å². The van der Waals surface area contributed by atoms with Gasteiger partial charge in [-0.2, -0.15) is 0 Å². The van der Waals surface area contributed by atoms with Crippen LogP contribution in [0.1, 0.15) is 66.7 Å². The fourth-order valence-electron chi connectivity index (χ4n) is 6.94. The minimum atomic E-state index is -0.920. The number of ether oxygens (including phenoxy) is 4. The minimum Gasteiger partial charge on any atom is -0.462 e. The molecule has 2 bridgehead atoms. The van der Waals surface area contributed by atoms with E-state index in [0.29, 0.717) is 30.9 Å². The predicted molar refractivity (Wildman–Crippen MR) is 121 cm³/mol. The van der Waals surface area contributed by atoms with Gasteiger partial charge in [0.15, 0.2) is 0 Å². The molecule has 3 aliphatic heterocycles. The van der Waals surface area contributed by atoms with Crippen LogP contribution in [0.4, 0.5) is 0 Å². The summed E-state index contributed by atoms with van der Waals surface area (Å²) < 4.78 is 25.2. The molecule has 11 atom stereocenters. The first-order valence-electron chi connectivity index (χ1n) is 12.6. The molecule has 4 aliphatic rings. The van der Waals surface area contributed by atoms with E-state index in [1.165, 1.54) is 6.92 Å². The number of hydrogen-bond donors (Lipinski definition) is 1. The smallest absolute Gasteiger partial charge is 0.306 e. The second-order valence-electron chi connectivity index (χ2n) is 11.0. The molecule has 0 aromatic rings. The first kappa shape index (κ1) is 24.7. The fraction of sp³-hybridized carbons (Fsp3) is 0.846. The minimum absolute atomic E-state index is 0.0203. The van der Waals surface area contributed by atoms with E-state index in [0.717, 1.165) is 12.8 Å². The highest BCUT2D eigenvalue weighted by molar-refractivity contribution is 5.69. The third-order valence-electron chi connectivity index (χ3n) is 8.62. The van der Waals surface area contributed by atoms with Crippen molar-refractivity contribution in [1.82, 2.24) is 0 Å². The van der Waals surface area contributed by atoms with Gasteiger partial charge < -0.3 is 24.1 Å². The van der Waals surface area contributed by atoms with Crippen LogP contribution in [0, 0.1) is 29.6 Å². The maximum Gasteiger partial charge on any atom is 0.306 e. The highest BCUT2D eigenvalue weighted by Crippen LogP contribution is 2.58. The molecule has 3 saturated heterocycles. The third kappa shape index (κ3) is 4.37. The van der Waals surface area contributed by atoms with Gasteiger partial charge in [-0.05, 0) is 49.5 Å². The molecule has 7 nitrogen and oxygen atoms in total. The van der Waals surface area contributed by atoms with E-state index >= 15 is 0 Å². The normalized spacial score (nSPS) is 47.0. The monoisotopic (exact) mass is 464 g/mol. The predicted octanol–water partition coefficient (Wildman–Crippen LogP) is 3.42. The van der Waals surface area contributed by atoms with Crippen molar-refractivity contribution >= 4 is 11.9 Å². The summed E-state index contributed by atoms with van der Waals surface area (Å²) in [5.41, 5.74) is -0.266. The van der Waals surface area contributed by atoms with Gasteiger partial charge in [-0.1, -0.05) is 27.4 Å². The van der Waals surface area contributed by atoms with Crippen molar-refractivity contribution in [2.75, 3.05) is 6.61 Å². The van der Waals surface area contributed by atoms with Gasteiger partial charge in [0.25, 0.3) is 0 Å². The molecule has 3 heterocycles. The van der Waals surface area contributed by atoms with Crippen molar-refractivity contribution in [1.29, 1.82) is 0 Å². The molecule has 186 valence electrons. The second-order valence-corrected chi connectivity index (χ2v) is 11.0. The van der Waals surface area contributed by atoms with Gasteiger partial charge in [0.2, 0.25) is 0 Å². The number of rotatable bonds is 4. The summed E-state index contributed by atoms with van der Waals surface area (Å²) in [5, 5.41) is 10.9. The summed E-state index contributed by atoms with van der Waals surface area (Å²) in [4.78, 5) is 24.6. The van der Waals surface area contributed by atoms with Crippen molar-refractivity contribution in [3.63, 3.8) is 0 Å². The molecule has 0 amide bonds. The number of carbonyl (C=O) groups excluding carboxylic acids is 2. The van der Waals surface area contributed by atoms with Gasteiger partial charge in [0.1, 0.15) is 17.8 Å². The van der Waals surface area contributed by atoms with E-state index in [1.54, 1.807) is 0 Å². The van der Waals surface area contributed by atoms with Crippen LogP contribution in [-0.4, -0.2) is 59.8 Å². The SMILES string of the molecule is C=C1C[C@@H]2O[C@H]3[C@H]4[C@@H](C[C@@H](C)[C@@H](OC(=O)CCC)[C@H]42)[C@@H](C)CO[C@@]3(C)[C@H](OC(C)=O)C[C@H]1O. The Morgan fingerprint density at radius 3 is 2.58 bits per heavy atom. The zero-order valence-electron chi connectivity index (χ0n) is 20.6. The fourth-order valence-corrected chi connectivity index (χ4v) is 6.94. The third-order valence-corrected chi connectivity index (χ3v) is 8.62. The molecule has 4 fully saturated rings. The number of aliphatic hydroxyl groups excluding tert-OH is 1. The van der Waals surface area contributed by atoms with Crippen LogP contribution in [0.25, 0.3) is 0 Å². The van der Waals surface area contributed by atoms with Crippen molar-refractivity contribution < 1.29 is 33.6 Å². The Hall–Kier alpha value is -1.44. The van der Waals surface area contributed by atoms with Crippen LogP contribution in [0.15, 0.2) is 12.2 Å². The number of aliphatic hydroxyl groups is 1. The summed E-state index contributed by atoms with van der Waals surface area (Å²) in [5.74, 6) is 0.329. The Bertz CT molecular complexity index is 781. The lowest BCUT2D eigenvalue weighted by atomic mass is 9.59. The summed E-state index contributed by atoms with van der Waals surface area (Å²) in [6.45, 7) is 14.4. The number of carbonyl (C=O) groups is 2. The molecule has 0 radical (unpaired) electrons. The van der Waals surface area contributed by atoms with E-state index < -0.39 is 23.8 Å². The van der Waals surface area contributed by atoms with Crippen LogP contribution >= 0.6 is 0 Å². The zero-order valence-corrected chi connectivity index (χ0v) is 20.6. The number of hydrogen-bond acceptors (Lipinski definition) is 7. The average molecular weight is 465 g/mol. The summed E-state index contributed by atoms with van der Waals surface area (Å²) in [6, 6.07) is 0. The quantitative estimate of drug-likeness (QED) is 0.503. The summed E-state index contributed by atoms with van der Waals surface area (Å²) >= 11 is 0. The van der Waals surface area contributed by atoms with Crippen LogP contribution in [-0.2, 0) is 28.5 Å². The molecular weight excluding hydrogens is 424 g/mol. The topological polar surface area (TPSA) is 91.3 Å². The van der Waals surface area contributed by atoms with Crippen LogP contribution in [0.2, 0.25) is 0 Å². The Balaban J connectivity index is 1.79. The van der Waals surface area contributed by atoms with Gasteiger partial charge >= 0.3 is 11.9 Å². The number of esters is 2. The zero-order chi connectivity index (χ0) is 24.1. The lowest BCUT2D eigenvalue weighted by Gasteiger charge is -2.47. The molecule has 0 unspecified atom stereocenters. The molecule has 0 spiro atoms. The van der Waals surface area contributed by atoms with Crippen molar-refractivity contribution in [2.24, 2.45) is 29.6 Å². The Morgan fingerprint density at radius 1 is 1.18 bits per heavy atom. The van der Waals surface area contributed by atoms with Gasteiger partial charge in [-0.15, -0.1) is 0 Å². The lowest BCUT2D eigenvalue weighted by molar-refractivity contribution is -0.204. The molecule has 0 aromatic carbocycles. The van der Waals surface area contributed by atoms with Crippen LogP contribution < -0.4 is 0 Å². The van der Waals surface area contributed by atoms with Gasteiger partial charge in [-0.25, -0.2) is 0 Å². The van der Waals surface area contributed by atoms with E-state index in [1.807, 2.05) is 13.8 Å². The van der Waals surface area contributed by atoms with E-state index in [9.17, 15) is 14.7 Å². The first-order chi connectivity index (χ1) is 15.6. The Labute approximate surface area is 197 Å². The van der Waals surface area contributed by atoms with Crippen molar-refractivity contribution in [3.05, 3.63) is 12.2 Å².